The van der Waals surface area contributed by atoms with E-state index in [9.17, 15) is 14.9 Å². The molecule has 0 spiro atoms. The lowest BCUT2D eigenvalue weighted by Crippen LogP contribution is -2.30. The maximum absolute atomic E-state index is 13.0. The van der Waals surface area contributed by atoms with E-state index < -0.39 is 16.9 Å². The fourth-order valence-corrected chi connectivity index (χ4v) is 3.40. The summed E-state index contributed by atoms with van der Waals surface area (Å²) in [6.45, 7) is 0. The van der Waals surface area contributed by atoms with E-state index in [2.05, 4.69) is 15.4 Å². The van der Waals surface area contributed by atoms with Gasteiger partial charge in [0.1, 0.15) is 0 Å². The first-order valence-electron chi connectivity index (χ1n) is 8.42. The number of aromatic nitrogens is 4. The van der Waals surface area contributed by atoms with Crippen molar-refractivity contribution in [2.24, 2.45) is 0 Å². The van der Waals surface area contributed by atoms with Crippen LogP contribution in [0.3, 0.4) is 0 Å². The second kappa shape index (κ2) is 6.91. The number of ketones is 1. The van der Waals surface area contributed by atoms with Gasteiger partial charge in [-0.2, -0.15) is 0 Å². The molecule has 4 rings (SSSR count). The second-order valence-electron chi connectivity index (χ2n) is 6.27. The predicted octanol–water partition coefficient (Wildman–Crippen LogP) is 2.96. The monoisotopic (exact) mass is 361 g/mol. The number of allylic oxidation sites excluding steroid dienone is 2. The van der Waals surface area contributed by atoms with Crippen LogP contribution in [0.25, 0.3) is 5.57 Å². The summed E-state index contributed by atoms with van der Waals surface area (Å²) in [7, 11) is 0. The first-order valence-corrected chi connectivity index (χ1v) is 8.42. The molecular formula is C19H15N5O3. The lowest BCUT2D eigenvalue weighted by Gasteiger charge is -2.28. The number of nitro groups is 1. The van der Waals surface area contributed by atoms with Gasteiger partial charge in [-0.25, -0.2) is 0 Å². The molecule has 0 saturated carbocycles. The Morgan fingerprint density at radius 1 is 1.04 bits per heavy atom. The van der Waals surface area contributed by atoms with Gasteiger partial charge in [-0.15, -0.1) is 0 Å². The highest BCUT2D eigenvalue weighted by Crippen LogP contribution is 2.41. The Morgan fingerprint density at radius 3 is 2.33 bits per heavy atom. The Morgan fingerprint density at radius 2 is 1.70 bits per heavy atom. The Kier molecular flexibility index (Phi) is 4.29. The fraction of sp³-hybridized carbons (Fsp3) is 0.158. The molecule has 3 aromatic rings. The minimum atomic E-state index is -0.777. The van der Waals surface area contributed by atoms with Gasteiger partial charge in [-0.05, 0) is 34.1 Å². The van der Waals surface area contributed by atoms with Crippen LogP contribution in [-0.2, 0) is 4.79 Å². The summed E-state index contributed by atoms with van der Waals surface area (Å²) >= 11 is 0. The Labute approximate surface area is 154 Å². The quantitative estimate of drug-likeness (QED) is 0.523. The van der Waals surface area contributed by atoms with Gasteiger partial charge in [-0.3, -0.25) is 4.79 Å². The highest BCUT2D eigenvalue weighted by molar-refractivity contribution is 6.01. The standard InChI is InChI=1S/C19H15N5O3/c25-17-12-15(13-7-3-1-4-8-13)11-16(14-9-5-2-6-10-14)18(17)23-21-19(20-22-23)24(26)27/h1-10,12,16,18H,11H2/t16-,18+/m1/s1. The molecule has 0 bridgehead atoms. The van der Waals surface area contributed by atoms with Gasteiger partial charge >= 0.3 is 5.95 Å². The highest BCUT2D eigenvalue weighted by atomic mass is 16.6. The second-order valence-corrected chi connectivity index (χ2v) is 6.27. The molecule has 1 aromatic heterocycles. The SMILES string of the molecule is O=C1C=C(c2ccccc2)C[C@H](c2ccccc2)[C@@H]1n1nnc([N+](=O)[O-])n1. The summed E-state index contributed by atoms with van der Waals surface area (Å²) in [6.07, 6.45) is 2.16. The number of benzene rings is 2. The van der Waals surface area contributed by atoms with Gasteiger partial charge in [0.15, 0.2) is 11.8 Å². The molecule has 0 fully saturated rings. The zero-order valence-electron chi connectivity index (χ0n) is 14.2. The zero-order valence-corrected chi connectivity index (χ0v) is 14.2. The summed E-state index contributed by atoms with van der Waals surface area (Å²) in [5, 5.41) is 21.9. The number of carbonyl (C=O) groups excluding carboxylic acids is 1. The summed E-state index contributed by atoms with van der Waals surface area (Å²) in [4.78, 5) is 24.2. The van der Waals surface area contributed by atoms with E-state index in [1.54, 1.807) is 6.08 Å². The third-order valence-electron chi connectivity index (χ3n) is 4.63. The number of nitrogens with zero attached hydrogens (tertiary/aromatic N) is 5. The van der Waals surface area contributed by atoms with Gasteiger partial charge in [0.25, 0.3) is 0 Å². The van der Waals surface area contributed by atoms with Crippen LogP contribution in [0.15, 0.2) is 66.7 Å². The van der Waals surface area contributed by atoms with Crippen molar-refractivity contribution in [1.29, 1.82) is 0 Å². The van der Waals surface area contributed by atoms with Crippen LogP contribution >= 0.6 is 0 Å². The fourth-order valence-electron chi connectivity index (χ4n) is 3.40. The molecule has 134 valence electrons. The Balaban J connectivity index is 1.79. The van der Waals surface area contributed by atoms with Crippen molar-refractivity contribution in [3.05, 3.63) is 88.0 Å². The van der Waals surface area contributed by atoms with Crippen molar-refractivity contribution in [2.45, 2.75) is 18.4 Å². The molecule has 0 radical (unpaired) electrons. The molecule has 8 heteroatoms. The molecule has 8 nitrogen and oxygen atoms in total. The molecule has 0 amide bonds. The lowest BCUT2D eigenvalue weighted by molar-refractivity contribution is -0.394. The molecule has 0 aliphatic heterocycles. The smallest absolute Gasteiger partial charge is 0.390 e. The van der Waals surface area contributed by atoms with Crippen molar-refractivity contribution >= 4 is 17.3 Å². The third-order valence-corrected chi connectivity index (χ3v) is 4.63. The number of hydrogen-bond donors (Lipinski definition) is 0. The summed E-state index contributed by atoms with van der Waals surface area (Å²) in [5.41, 5.74) is 2.83. The summed E-state index contributed by atoms with van der Waals surface area (Å²) < 4.78 is 0. The topological polar surface area (TPSA) is 104 Å². The molecule has 1 aliphatic carbocycles. The average Bonchev–Trinajstić information content (AvgIpc) is 3.19. The van der Waals surface area contributed by atoms with Crippen molar-refractivity contribution in [3.63, 3.8) is 0 Å². The van der Waals surface area contributed by atoms with Gasteiger partial charge < -0.3 is 10.1 Å². The minimum absolute atomic E-state index is 0.207. The maximum atomic E-state index is 13.0. The van der Waals surface area contributed by atoms with E-state index in [-0.39, 0.29) is 11.7 Å². The normalized spacial score (nSPS) is 19.6. The van der Waals surface area contributed by atoms with E-state index in [4.69, 9.17) is 0 Å². The number of tetrazole rings is 1. The molecule has 1 aliphatic rings. The van der Waals surface area contributed by atoms with Crippen LogP contribution < -0.4 is 0 Å². The van der Waals surface area contributed by atoms with E-state index in [1.165, 1.54) is 0 Å². The van der Waals surface area contributed by atoms with Crippen molar-refractivity contribution in [2.75, 3.05) is 0 Å². The third kappa shape index (κ3) is 3.24. The van der Waals surface area contributed by atoms with Crippen LogP contribution in [0.2, 0.25) is 0 Å². The first kappa shape index (κ1) is 16.8. The van der Waals surface area contributed by atoms with E-state index in [0.717, 1.165) is 21.5 Å². The van der Waals surface area contributed by atoms with Crippen LogP contribution in [0.5, 0.6) is 0 Å². The lowest BCUT2D eigenvalue weighted by atomic mass is 9.78. The largest absolute Gasteiger partial charge is 0.514 e. The molecule has 1 heterocycles. The predicted molar refractivity (Wildman–Crippen MR) is 96.7 cm³/mol. The van der Waals surface area contributed by atoms with Crippen molar-refractivity contribution in [1.82, 2.24) is 20.2 Å². The van der Waals surface area contributed by atoms with Crippen LogP contribution in [-0.4, -0.2) is 30.9 Å². The molecule has 2 aromatic carbocycles. The summed E-state index contributed by atoms with van der Waals surface area (Å²) in [6, 6.07) is 18.5. The molecule has 27 heavy (non-hydrogen) atoms. The van der Waals surface area contributed by atoms with Crippen molar-refractivity contribution < 1.29 is 9.72 Å². The minimum Gasteiger partial charge on any atom is -0.390 e. The number of hydrogen-bond acceptors (Lipinski definition) is 6. The molecule has 2 atom stereocenters. The summed E-state index contributed by atoms with van der Waals surface area (Å²) in [5.74, 6) is -1.08. The number of carbonyl (C=O) groups is 1. The van der Waals surface area contributed by atoms with Crippen LogP contribution in [0.1, 0.15) is 29.5 Å². The van der Waals surface area contributed by atoms with Gasteiger partial charge in [0.05, 0.1) is 10.2 Å². The number of rotatable bonds is 4. The molecule has 0 N–H and O–H groups in total. The van der Waals surface area contributed by atoms with Gasteiger partial charge in [0.2, 0.25) is 0 Å². The van der Waals surface area contributed by atoms with E-state index in [1.807, 2.05) is 60.7 Å². The average molecular weight is 361 g/mol. The first-order chi connectivity index (χ1) is 13.1. The molecule has 0 saturated heterocycles. The maximum Gasteiger partial charge on any atom is 0.514 e. The van der Waals surface area contributed by atoms with Crippen LogP contribution in [0, 0.1) is 10.1 Å². The van der Waals surface area contributed by atoms with Crippen LogP contribution in [0.4, 0.5) is 5.95 Å². The zero-order chi connectivity index (χ0) is 18.8. The molecule has 0 unspecified atom stereocenters. The van der Waals surface area contributed by atoms with E-state index >= 15 is 0 Å². The van der Waals surface area contributed by atoms with Crippen molar-refractivity contribution in [3.8, 4) is 0 Å². The van der Waals surface area contributed by atoms with Gasteiger partial charge in [0, 0.05) is 11.1 Å². The highest BCUT2D eigenvalue weighted by Gasteiger charge is 2.39. The Hall–Kier alpha value is -3.68. The Bertz CT molecular complexity index is 1010. The van der Waals surface area contributed by atoms with E-state index in [0.29, 0.717) is 6.42 Å². The molecular weight excluding hydrogens is 346 g/mol. The van der Waals surface area contributed by atoms with Gasteiger partial charge in [-0.1, -0.05) is 65.5 Å².